The first kappa shape index (κ1) is 10.3. The topological polar surface area (TPSA) is 40.5 Å². The van der Waals surface area contributed by atoms with Crippen LogP contribution in [0.4, 0.5) is 5.69 Å². The maximum atomic E-state index is 10.7. The van der Waals surface area contributed by atoms with Crippen LogP contribution in [0.3, 0.4) is 0 Å². The van der Waals surface area contributed by atoms with E-state index in [4.69, 9.17) is 16.7 Å². The van der Waals surface area contributed by atoms with Crippen molar-refractivity contribution in [2.24, 2.45) is 5.92 Å². The van der Waals surface area contributed by atoms with Crippen molar-refractivity contribution >= 4 is 23.3 Å². The molecule has 0 atom stereocenters. The molecule has 0 amide bonds. The van der Waals surface area contributed by atoms with E-state index in [1.807, 2.05) is 0 Å². The molecule has 1 N–H and O–H groups in total. The average molecular weight is 226 g/mol. The highest BCUT2D eigenvalue weighted by Gasteiger charge is 2.24. The predicted molar refractivity (Wildman–Crippen MR) is 59.8 cm³/mol. The lowest BCUT2D eigenvalue weighted by molar-refractivity contribution is 0.0697. The number of hydrogen-bond donors (Lipinski definition) is 1. The van der Waals surface area contributed by atoms with Crippen LogP contribution in [0.1, 0.15) is 17.3 Å². The lowest BCUT2D eigenvalue weighted by atomic mass is 10.0. The van der Waals surface area contributed by atoms with Crippen molar-refractivity contribution < 1.29 is 9.90 Å². The Morgan fingerprint density at radius 1 is 1.53 bits per heavy atom. The second-order valence-electron chi connectivity index (χ2n) is 3.98. The summed E-state index contributed by atoms with van der Waals surface area (Å²) < 4.78 is 0. The van der Waals surface area contributed by atoms with E-state index in [0.717, 1.165) is 18.8 Å². The van der Waals surface area contributed by atoms with Gasteiger partial charge in [-0.25, -0.2) is 4.79 Å². The third-order valence-corrected chi connectivity index (χ3v) is 2.90. The molecule has 0 radical (unpaired) electrons. The molecule has 1 aliphatic rings. The summed E-state index contributed by atoms with van der Waals surface area (Å²) in [7, 11) is 0. The predicted octanol–water partition coefficient (Wildman–Crippen LogP) is 2.49. The van der Waals surface area contributed by atoms with E-state index >= 15 is 0 Å². The van der Waals surface area contributed by atoms with Crippen LogP contribution in [-0.2, 0) is 0 Å². The van der Waals surface area contributed by atoms with Crippen LogP contribution in [0, 0.1) is 5.92 Å². The van der Waals surface area contributed by atoms with Gasteiger partial charge < -0.3 is 10.0 Å². The number of aromatic carboxylic acids is 1. The molecule has 0 saturated carbocycles. The first-order chi connectivity index (χ1) is 7.08. The summed E-state index contributed by atoms with van der Waals surface area (Å²) in [5.41, 5.74) is 1.16. The van der Waals surface area contributed by atoms with Gasteiger partial charge in [0.05, 0.1) is 16.3 Å². The Morgan fingerprint density at radius 3 is 2.67 bits per heavy atom. The lowest BCUT2D eigenvalue weighted by Gasteiger charge is -2.39. The molecule has 1 aliphatic heterocycles. The Hall–Kier alpha value is -1.22. The molecular weight excluding hydrogens is 214 g/mol. The minimum atomic E-state index is -0.944. The molecule has 1 aromatic carbocycles. The van der Waals surface area contributed by atoms with Gasteiger partial charge in [-0.15, -0.1) is 0 Å². The molecule has 15 heavy (non-hydrogen) atoms. The molecule has 2 rings (SSSR count). The van der Waals surface area contributed by atoms with E-state index in [9.17, 15) is 4.79 Å². The number of anilines is 1. The van der Waals surface area contributed by atoms with E-state index < -0.39 is 5.97 Å². The van der Waals surface area contributed by atoms with Gasteiger partial charge in [0.25, 0.3) is 0 Å². The van der Waals surface area contributed by atoms with Gasteiger partial charge in [0, 0.05) is 13.1 Å². The summed E-state index contributed by atoms with van der Waals surface area (Å²) in [6, 6.07) is 4.87. The third kappa shape index (κ3) is 1.92. The van der Waals surface area contributed by atoms with Crippen LogP contribution in [-0.4, -0.2) is 24.2 Å². The quantitative estimate of drug-likeness (QED) is 0.841. The maximum Gasteiger partial charge on any atom is 0.335 e. The standard InChI is InChI=1S/C11H12ClNO2/c1-7-5-13(6-7)10-3-2-8(11(14)15)4-9(10)12/h2-4,7H,5-6H2,1H3,(H,14,15). The highest BCUT2D eigenvalue weighted by atomic mass is 35.5. The molecule has 0 spiro atoms. The average Bonchev–Trinajstić information content (AvgIpc) is 2.13. The van der Waals surface area contributed by atoms with E-state index in [0.29, 0.717) is 10.9 Å². The van der Waals surface area contributed by atoms with Crippen LogP contribution in [0.2, 0.25) is 5.02 Å². The Bertz CT molecular complexity index is 400. The Morgan fingerprint density at radius 2 is 2.20 bits per heavy atom. The SMILES string of the molecule is CC1CN(c2ccc(C(=O)O)cc2Cl)C1. The van der Waals surface area contributed by atoms with Crippen molar-refractivity contribution in [3.63, 3.8) is 0 Å². The highest BCUT2D eigenvalue weighted by Crippen LogP contribution is 2.31. The molecular formula is C11H12ClNO2. The molecule has 0 unspecified atom stereocenters. The normalized spacial score (nSPS) is 16.3. The monoisotopic (exact) mass is 225 g/mol. The lowest BCUT2D eigenvalue weighted by Crippen LogP contribution is -2.45. The molecule has 1 aromatic rings. The van der Waals surface area contributed by atoms with E-state index in [1.165, 1.54) is 6.07 Å². The number of nitrogens with zero attached hydrogens (tertiary/aromatic N) is 1. The molecule has 1 fully saturated rings. The number of benzene rings is 1. The third-order valence-electron chi connectivity index (χ3n) is 2.60. The van der Waals surface area contributed by atoms with Crippen LogP contribution < -0.4 is 4.90 Å². The number of rotatable bonds is 2. The van der Waals surface area contributed by atoms with Crippen molar-refractivity contribution in [3.05, 3.63) is 28.8 Å². The van der Waals surface area contributed by atoms with Gasteiger partial charge in [-0.2, -0.15) is 0 Å². The minimum Gasteiger partial charge on any atom is -0.478 e. The van der Waals surface area contributed by atoms with E-state index in [-0.39, 0.29) is 5.56 Å². The molecule has 80 valence electrons. The van der Waals surface area contributed by atoms with Crippen molar-refractivity contribution in [2.75, 3.05) is 18.0 Å². The summed E-state index contributed by atoms with van der Waals surface area (Å²) in [6.45, 7) is 4.16. The summed E-state index contributed by atoms with van der Waals surface area (Å²) in [4.78, 5) is 12.8. The fraction of sp³-hybridized carbons (Fsp3) is 0.364. The number of halogens is 1. The summed E-state index contributed by atoms with van der Waals surface area (Å²) in [5.74, 6) is -0.249. The summed E-state index contributed by atoms with van der Waals surface area (Å²) in [5, 5.41) is 9.30. The van der Waals surface area contributed by atoms with Gasteiger partial charge in [0.1, 0.15) is 0 Å². The van der Waals surface area contributed by atoms with Crippen molar-refractivity contribution in [2.45, 2.75) is 6.92 Å². The van der Waals surface area contributed by atoms with Crippen LogP contribution in [0.15, 0.2) is 18.2 Å². The zero-order valence-corrected chi connectivity index (χ0v) is 9.16. The van der Waals surface area contributed by atoms with Crippen LogP contribution in [0.25, 0.3) is 0 Å². The molecule has 3 nitrogen and oxygen atoms in total. The van der Waals surface area contributed by atoms with Gasteiger partial charge >= 0.3 is 5.97 Å². The summed E-state index contributed by atoms with van der Waals surface area (Å²) in [6.07, 6.45) is 0. The van der Waals surface area contributed by atoms with Crippen LogP contribution in [0.5, 0.6) is 0 Å². The molecule has 4 heteroatoms. The van der Waals surface area contributed by atoms with Gasteiger partial charge in [-0.05, 0) is 24.1 Å². The van der Waals surface area contributed by atoms with Crippen molar-refractivity contribution in [1.29, 1.82) is 0 Å². The van der Waals surface area contributed by atoms with E-state index in [2.05, 4.69) is 11.8 Å². The van der Waals surface area contributed by atoms with Gasteiger partial charge in [0.15, 0.2) is 0 Å². The van der Waals surface area contributed by atoms with Crippen LogP contribution >= 0.6 is 11.6 Å². The Labute approximate surface area is 93.3 Å². The summed E-state index contributed by atoms with van der Waals surface area (Å²) >= 11 is 6.02. The van der Waals surface area contributed by atoms with Crippen molar-refractivity contribution in [1.82, 2.24) is 0 Å². The highest BCUT2D eigenvalue weighted by molar-refractivity contribution is 6.33. The number of carboxylic acids is 1. The second kappa shape index (κ2) is 3.74. The Balaban J connectivity index is 2.23. The molecule has 0 aromatic heterocycles. The van der Waals surface area contributed by atoms with E-state index in [1.54, 1.807) is 12.1 Å². The largest absolute Gasteiger partial charge is 0.478 e. The first-order valence-electron chi connectivity index (χ1n) is 4.85. The minimum absolute atomic E-state index is 0.234. The van der Waals surface area contributed by atoms with Crippen molar-refractivity contribution in [3.8, 4) is 0 Å². The fourth-order valence-electron chi connectivity index (χ4n) is 1.79. The van der Waals surface area contributed by atoms with Gasteiger partial charge in [0.2, 0.25) is 0 Å². The van der Waals surface area contributed by atoms with Gasteiger partial charge in [-0.1, -0.05) is 18.5 Å². The Kier molecular flexibility index (Phi) is 2.57. The second-order valence-corrected chi connectivity index (χ2v) is 4.39. The molecule has 1 saturated heterocycles. The fourth-order valence-corrected chi connectivity index (χ4v) is 2.09. The number of hydrogen-bond acceptors (Lipinski definition) is 2. The number of carboxylic acid groups (broad SMARTS) is 1. The zero-order chi connectivity index (χ0) is 11.0. The first-order valence-corrected chi connectivity index (χ1v) is 5.23. The maximum absolute atomic E-state index is 10.7. The van der Waals surface area contributed by atoms with Gasteiger partial charge in [-0.3, -0.25) is 0 Å². The molecule has 0 aliphatic carbocycles. The number of carbonyl (C=O) groups is 1. The zero-order valence-electron chi connectivity index (χ0n) is 8.40. The molecule has 1 heterocycles. The smallest absolute Gasteiger partial charge is 0.335 e. The molecule has 0 bridgehead atoms.